The fraction of sp³-hybridized carbons (Fsp3) is 0.462. The Morgan fingerprint density at radius 1 is 1.33 bits per heavy atom. The van der Waals surface area contributed by atoms with Crippen molar-refractivity contribution in [3.63, 3.8) is 0 Å². The minimum absolute atomic E-state index is 0.262. The van der Waals surface area contributed by atoms with Gasteiger partial charge in [0.15, 0.2) is 0 Å². The van der Waals surface area contributed by atoms with Crippen LogP contribution in [-0.4, -0.2) is 29.3 Å². The van der Waals surface area contributed by atoms with Gasteiger partial charge in [0.1, 0.15) is 15.7 Å². The predicted molar refractivity (Wildman–Crippen MR) is 70.6 cm³/mol. The van der Waals surface area contributed by atoms with Crippen molar-refractivity contribution >= 4 is 15.4 Å². The summed E-state index contributed by atoms with van der Waals surface area (Å²) in [5, 5.41) is 0. The van der Waals surface area contributed by atoms with Crippen LogP contribution in [0.15, 0.2) is 24.5 Å². The highest BCUT2D eigenvalue weighted by molar-refractivity contribution is 7.91. The smallest absolute Gasteiger partial charge is 0.150 e. The summed E-state index contributed by atoms with van der Waals surface area (Å²) in [6, 6.07) is 4.07. The summed E-state index contributed by atoms with van der Waals surface area (Å²) in [6.07, 6.45) is 5.27. The molecule has 3 heterocycles. The van der Waals surface area contributed by atoms with E-state index < -0.39 is 9.84 Å². The number of aromatic nitrogens is 2. The molecule has 4 nitrogen and oxygen atoms in total. The number of aryl methyl sites for hydroxylation is 1. The van der Waals surface area contributed by atoms with E-state index in [1.165, 1.54) is 5.56 Å². The maximum absolute atomic E-state index is 11.5. The predicted octanol–water partition coefficient (Wildman–Crippen LogP) is 1.93. The molecule has 96 valence electrons. The first-order valence-corrected chi connectivity index (χ1v) is 8.02. The average Bonchev–Trinajstić information content (AvgIpc) is 2.74. The van der Waals surface area contributed by atoms with Crippen molar-refractivity contribution in [2.24, 2.45) is 0 Å². The van der Waals surface area contributed by atoms with E-state index in [0.29, 0.717) is 24.3 Å². The Morgan fingerprint density at radius 3 is 2.78 bits per heavy atom. The maximum Gasteiger partial charge on any atom is 0.150 e. The van der Waals surface area contributed by atoms with Crippen LogP contribution in [0, 0.1) is 6.92 Å². The molecular formula is C13H16N2O2S. The number of imidazole rings is 1. The number of sulfone groups is 1. The summed E-state index contributed by atoms with van der Waals surface area (Å²) < 4.78 is 25.0. The van der Waals surface area contributed by atoms with Gasteiger partial charge in [-0.1, -0.05) is 6.07 Å². The third kappa shape index (κ3) is 1.92. The Morgan fingerprint density at radius 2 is 2.06 bits per heavy atom. The molecule has 1 saturated heterocycles. The second-order valence-corrected chi connectivity index (χ2v) is 7.29. The molecule has 0 saturated carbocycles. The van der Waals surface area contributed by atoms with Gasteiger partial charge in [0, 0.05) is 12.1 Å². The zero-order valence-corrected chi connectivity index (χ0v) is 11.2. The summed E-state index contributed by atoms with van der Waals surface area (Å²) in [7, 11) is -2.81. The summed E-state index contributed by atoms with van der Waals surface area (Å²) in [4.78, 5) is 4.50. The standard InChI is InChI=1S/C13H16N2O2S/c1-10-3-2-6-15-12(10)9-14-13(15)11-4-7-18(16,17)8-5-11/h2-3,6,9,11H,4-5,7-8H2,1H3. The Hall–Kier alpha value is -1.36. The second kappa shape index (κ2) is 4.09. The lowest BCUT2D eigenvalue weighted by molar-refractivity contribution is 0.536. The summed E-state index contributed by atoms with van der Waals surface area (Å²) in [5.74, 6) is 1.85. The van der Waals surface area contributed by atoms with Crippen LogP contribution in [0.3, 0.4) is 0 Å². The van der Waals surface area contributed by atoms with Crippen molar-refractivity contribution in [2.75, 3.05) is 11.5 Å². The van der Waals surface area contributed by atoms with Crippen LogP contribution >= 0.6 is 0 Å². The number of fused-ring (bicyclic) bond motifs is 1. The van der Waals surface area contributed by atoms with Crippen LogP contribution < -0.4 is 0 Å². The molecule has 0 aromatic carbocycles. The van der Waals surface area contributed by atoms with E-state index >= 15 is 0 Å². The molecule has 0 amide bonds. The molecule has 0 bridgehead atoms. The largest absolute Gasteiger partial charge is 0.303 e. The summed E-state index contributed by atoms with van der Waals surface area (Å²) >= 11 is 0. The van der Waals surface area contributed by atoms with Crippen LogP contribution in [0.25, 0.3) is 5.52 Å². The van der Waals surface area contributed by atoms with Crippen LogP contribution in [0.5, 0.6) is 0 Å². The molecule has 18 heavy (non-hydrogen) atoms. The number of pyridine rings is 1. The van der Waals surface area contributed by atoms with Gasteiger partial charge in [-0.25, -0.2) is 13.4 Å². The first-order valence-electron chi connectivity index (χ1n) is 6.20. The van der Waals surface area contributed by atoms with Gasteiger partial charge in [-0.05, 0) is 31.4 Å². The molecule has 0 unspecified atom stereocenters. The molecule has 2 aromatic heterocycles. The molecule has 0 N–H and O–H groups in total. The highest BCUT2D eigenvalue weighted by Crippen LogP contribution is 2.29. The van der Waals surface area contributed by atoms with Crippen LogP contribution in [0.1, 0.15) is 30.1 Å². The van der Waals surface area contributed by atoms with Crippen molar-refractivity contribution in [3.05, 3.63) is 35.9 Å². The third-order valence-corrected chi connectivity index (χ3v) is 5.45. The highest BCUT2D eigenvalue weighted by atomic mass is 32.2. The van der Waals surface area contributed by atoms with Gasteiger partial charge in [0.05, 0.1) is 23.2 Å². The van der Waals surface area contributed by atoms with Gasteiger partial charge in [0.25, 0.3) is 0 Å². The zero-order chi connectivity index (χ0) is 12.8. The topological polar surface area (TPSA) is 51.4 Å². The van der Waals surface area contributed by atoms with Crippen LogP contribution in [0.2, 0.25) is 0 Å². The van der Waals surface area contributed by atoms with Gasteiger partial charge in [0.2, 0.25) is 0 Å². The Balaban J connectivity index is 1.99. The molecule has 2 aromatic rings. The Bertz CT molecular complexity index is 674. The fourth-order valence-electron chi connectivity index (χ4n) is 2.63. The number of nitrogens with zero attached hydrogens (tertiary/aromatic N) is 2. The van der Waals surface area contributed by atoms with E-state index in [0.717, 1.165) is 11.3 Å². The third-order valence-electron chi connectivity index (χ3n) is 3.73. The zero-order valence-electron chi connectivity index (χ0n) is 10.3. The highest BCUT2D eigenvalue weighted by Gasteiger charge is 2.27. The molecule has 0 spiro atoms. The van der Waals surface area contributed by atoms with Crippen molar-refractivity contribution in [2.45, 2.75) is 25.7 Å². The minimum atomic E-state index is -2.81. The molecule has 3 rings (SSSR count). The monoisotopic (exact) mass is 264 g/mol. The van der Waals surface area contributed by atoms with E-state index in [4.69, 9.17) is 0 Å². The number of hydrogen-bond donors (Lipinski definition) is 0. The molecule has 0 radical (unpaired) electrons. The molecular weight excluding hydrogens is 248 g/mol. The SMILES string of the molecule is Cc1cccn2c(C3CCS(=O)(=O)CC3)ncc12. The minimum Gasteiger partial charge on any atom is -0.303 e. The van der Waals surface area contributed by atoms with E-state index in [9.17, 15) is 8.42 Å². The normalized spacial score (nSPS) is 20.3. The second-order valence-electron chi connectivity index (χ2n) is 4.99. The Labute approximate surface area is 107 Å². The molecule has 5 heteroatoms. The van der Waals surface area contributed by atoms with Crippen molar-refractivity contribution in [3.8, 4) is 0 Å². The van der Waals surface area contributed by atoms with Crippen LogP contribution in [-0.2, 0) is 9.84 Å². The molecule has 1 aliphatic heterocycles. The van der Waals surface area contributed by atoms with Crippen molar-refractivity contribution < 1.29 is 8.42 Å². The maximum atomic E-state index is 11.5. The quantitative estimate of drug-likeness (QED) is 0.791. The Kier molecular flexibility index (Phi) is 2.66. The number of hydrogen-bond acceptors (Lipinski definition) is 3. The molecule has 0 aliphatic carbocycles. The van der Waals surface area contributed by atoms with Crippen molar-refractivity contribution in [1.82, 2.24) is 9.38 Å². The average molecular weight is 264 g/mol. The lowest BCUT2D eigenvalue weighted by Gasteiger charge is -2.20. The summed E-state index contributed by atoms with van der Waals surface area (Å²) in [6.45, 7) is 2.06. The fourth-order valence-corrected chi connectivity index (χ4v) is 4.12. The summed E-state index contributed by atoms with van der Waals surface area (Å²) in [5.41, 5.74) is 2.31. The van der Waals surface area contributed by atoms with Gasteiger partial charge < -0.3 is 4.40 Å². The van der Waals surface area contributed by atoms with Gasteiger partial charge in [-0.15, -0.1) is 0 Å². The van der Waals surface area contributed by atoms with Crippen LogP contribution in [0.4, 0.5) is 0 Å². The van der Waals surface area contributed by atoms with E-state index in [-0.39, 0.29) is 5.92 Å². The number of rotatable bonds is 1. The molecule has 0 atom stereocenters. The van der Waals surface area contributed by atoms with E-state index in [1.807, 2.05) is 18.5 Å². The van der Waals surface area contributed by atoms with Gasteiger partial charge in [-0.3, -0.25) is 0 Å². The molecule has 1 aliphatic rings. The molecule has 1 fully saturated rings. The van der Waals surface area contributed by atoms with E-state index in [2.05, 4.69) is 22.4 Å². The van der Waals surface area contributed by atoms with Gasteiger partial charge >= 0.3 is 0 Å². The van der Waals surface area contributed by atoms with E-state index in [1.54, 1.807) is 0 Å². The van der Waals surface area contributed by atoms with Crippen molar-refractivity contribution in [1.29, 1.82) is 0 Å². The lowest BCUT2D eigenvalue weighted by atomic mass is 10.0. The first kappa shape index (κ1) is 11.7. The first-order chi connectivity index (χ1) is 8.57. The van der Waals surface area contributed by atoms with Gasteiger partial charge in [-0.2, -0.15) is 0 Å². The lowest BCUT2D eigenvalue weighted by Crippen LogP contribution is -2.23.